The van der Waals surface area contributed by atoms with Gasteiger partial charge in [-0.1, -0.05) is 42.1 Å². The number of halogens is 2. The van der Waals surface area contributed by atoms with E-state index in [9.17, 15) is 8.78 Å². The van der Waals surface area contributed by atoms with Crippen molar-refractivity contribution >= 4 is 17.4 Å². The van der Waals surface area contributed by atoms with E-state index in [2.05, 4.69) is 32.1 Å². The van der Waals surface area contributed by atoms with E-state index in [-0.39, 0.29) is 5.75 Å². The highest BCUT2D eigenvalue weighted by Gasteiger charge is 2.13. The molecule has 136 valence electrons. The number of fused-ring (bicyclic) bond motifs is 1. The van der Waals surface area contributed by atoms with Crippen molar-refractivity contribution in [3.05, 3.63) is 72.6 Å². The molecule has 0 saturated heterocycles. The Balaban J connectivity index is 1.60. The minimum Gasteiger partial charge on any atom is -0.435 e. The van der Waals surface area contributed by atoms with Gasteiger partial charge in [-0.05, 0) is 29.8 Å². The fraction of sp³-hybridized carbons (Fsp3) is 0.105. The molecule has 0 spiro atoms. The van der Waals surface area contributed by atoms with Crippen LogP contribution >= 0.6 is 11.8 Å². The monoisotopic (exact) mass is 384 g/mol. The molecule has 0 N–H and O–H groups in total. The summed E-state index contributed by atoms with van der Waals surface area (Å²) in [4.78, 5) is 4.41. The van der Waals surface area contributed by atoms with E-state index in [0.29, 0.717) is 11.5 Å². The molecule has 4 rings (SSSR count). The smallest absolute Gasteiger partial charge is 0.387 e. The summed E-state index contributed by atoms with van der Waals surface area (Å²) < 4.78 is 30.8. The normalized spacial score (nSPS) is 11.2. The molecular formula is C19H14F2N4OS. The molecule has 0 atom stereocenters. The lowest BCUT2D eigenvalue weighted by Gasteiger charge is -2.06. The highest BCUT2D eigenvalue weighted by atomic mass is 32.2. The molecule has 0 aliphatic heterocycles. The maximum atomic E-state index is 12.3. The van der Waals surface area contributed by atoms with Gasteiger partial charge in [-0.25, -0.2) is 4.98 Å². The van der Waals surface area contributed by atoms with E-state index in [1.807, 2.05) is 22.6 Å². The second kappa shape index (κ2) is 7.71. The Hall–Kier alpha value is -3.00. The van der Waals surface area contributed by atoms with Crippen molar-refractivity contribution in [2.24, 2.45) is 0 Å². The summed E-state index contributed by atoms with van der Waals surface area (Å²) in [5.74, 6) is 1.48. The van der Waals surface area contributed by atoms with Crippen molar-refractivity contribution in [1.82, 2.24) is 19.6 Å². The number of hydrogen-bond acceptors (Lipinski definition) is 5. The van der Waals surface area contributed by atoms with Gasteiger partial charge in [0, 0.05) is 23.7 Å². The predicted octanol–water partition coefficient (Wildman–Crippen LogP) is 4.69. The molecule has 0 bridgehead atoms. The average Bonchev–Trinajstić information content (AvgIpc) is 3.12. The van der Waals surface area contributed by atoms with E-state index >= 15 is 0 Å². The minimum absolute atomic E-state index is 0.100. The first-order valence-electron chi connectivity index (χ1n) is 8.12. The van der Waals surface area contributed by atoms with Crippen molar-refractivity contribution in [2.75, 3.05) is 0 Å². The fourth-order valence-electron chi connectivity index (χ4n) is 2.61. The van der Waals surface area contributed by atoms with Crippen molar-refractivity contribution in [3.8, 4) is 17.1 Å². The number of rotatable bonds is 6. The van der Waals surface area contributed by atoms with Gasteiger partial charge in [-0.3, -0.25) is 4.40 Å². The number of ether oxygens (including phenoxy) is 1. The Morgan fingerprint density at radius 1 is 1.00 bits per heavy atom. The van der Waals surface area contributed by atoms with E-state index in [1.165, 1.54) is 17.7 Å². The summed E-state index contributed by atoms with van der Waals surface area (Å²) >= 11 is 1.58. The van der Waals surface area contributed by atoms with Gasteiger partial charge >= 0.3 is 6.61 Å². The fourth-order valence-corrected chi connectivity index (χ4v) is 3.51. The number of hydrogen-bond donors (Lipinski definition) is 0. The third-order valence-electron chi connectivity index (χ3n) is 3.85. The molecule has 5 nitrogen and oxygen atoms in total. The van der Waals surface area contributed by atoms with Gasteiger partial charge in [-0.2, -0.15) is 8.78 Å². The predicted molar refractivity (Wildman–Crippen MR) is 98.9 cm³/mol. The number of aromatic nitrogens is 4. The molecule has 0 amide bonds. The molecule has 0 aliphatic rings. The molecule has 0 aliphatic carbocycles. The number of benzene rings is 2. The van der Waals surface area contributed by atoms with Crippen molar-refractivity contribution in [2.45, 2.75) is 17.4 Å². The zero-order valence-electron chi connectivity index (χ0n) is 14.0. The minimum atomic E-state index is -2.85. The number of alkyl halides is 2. The maximum Gasteiger partial charge on any atom is 0.387 e. The van der Waals surface area contributed by atoms with Gasteiger partial charge in [0.2, 0.25) is 0 Å². The molecule has 0 fully saturated rings. The second-order valence-corrected chi connectivity index (χ2v) is 6.59. The SMILES string of the molecule is FC(F)Oc1ccc(-c2nnc3c(SCc4ccccc4)nccn23)cc1. The first kappa shape index (κ1) is 17.4. The third-order valence-corrected chi connectivity index (χ3v) is 4.89. The van der Waals surface area contributed by atoms with E-state index in [1.54, 1.807) is 36.3 Å². The Morgan fingerprint density at radius 3 is 2.52 bits per heavy atom. The first-order chi connectivity index (χ1) is 13.2. The molecule has 0 radical (unpaired) electrons. The maximum absolute atomic E-state index is 12.3. The number of thioether (sulfide) groups is 1. The van der Waals surface area contributed by atoms with Crippen LogP contribution in [0.5, 0.6) is 5.75 Å². The van der Waals surface area contributed by atoms with E-state index in [0.717, 1.165) is 16.3 Å². The van der Waals surface area contributed by atoms with Crippen LogP contribution in [0.1, 0.15) is 5.56 Å². The van der Waals surface area contributed by atoms with Crippen LogP contribution < -0.4 is 4.74 Å². The molecule has 4 aromatic rings. The molecule has 8 heteroatoms. The van der Waals surface area contributed by atoms with Crippen molar-refractivity contribution in [3.63, 3.8) is 0 Å². The van der Waals surface area contributed by atoms with Gasteiger partial charge in [0.1, 0.15) is 10.8 Å². The van der Waals surface area contributed by atoms with E-state index in [4.69, 9.17) is 0 Å². The van der Waals surface area contributed by atoms with Crippen LogP contribution in [0.25, 0.3) is 17.0 Å². The highest BCUT2D eigenvalue weighted by molar-refractivity contribution is 7.98. The molecule has 2 heterocycles. The topological polar surface area (TPSA) is 52.3 Å². The number of nitrogens with zero attached hydrogens (tertiary/aromatic N) is 4. The Bertz CT molecular complexity index is 1040. The summed E-state index contributed by atoms with van der Waals surface area (Å²) in [6, 6.07) is 16.4. The summed E-state index contributed by atoms with van der Waals surface area (Å²) in [5, 5.41) is 9.27. The van der Waals surface area contributed by atoms with E-state index < -0.39 is 6.61 Å². The van der Waals surface area contributed by atoms with Crippen LogP contribution in [0.4, 0.5) is 8.78 Å². The average molecular weight is 384 g/mol. The van der Waals surface area contributed by atoms with Crippen LogP contribution in [0.3, 0.4) is 0 Å². The lowest BCUT2D eigenvalue weighted by Crippen LogP contribution is -2.01. The van der Waals surface area contributed by atoms with Gasteiger partial charge < -0.3 is 4.74 Å². The van der Waals surface area contributed by atoms with Gasteiger partial charge in [0.25, 0.3) is 0 Å². The van der Waals surface area contributed by atoms with Crippen LogP contribution in [-0.2, 0) is 5.75 Å². The Morgan fingerprint density at radius 2 is 1.78 bits per heavy atom. The van der Waals surface area contributed by atoms with Crippen molar-refractivity contribution in [1.29, 1.82) is 0 Å². The molecule has 2 aromatic heterocycles. The molecule has 27 heavy (non-hydrogen) atoms. The molecule has 2 aromatic carbocycles. The van der Waals surface area contributed by atoms with Crippen LogP contribution in [-0.4, -0.2) is 26.2 Å². The molecule has 0 unspecified atom stereocenters. The highest BCUT2D eigenvalue weighted by Crippen LogP contribution is 2.27. The lowest BCUT2D eigenvalue weighted by molar-refractivity contribution is -0.0498. The van der Waals surface area contributed by atoms with Crippen LogP contribution in [0.15, 0.2) is 72.0 Å². The third kappa shape index (κ3) is 3.90. The summed E-state index contributed by atoms with van der Waals surface area (Å²) in [5.41, 5.74) is 2.59. The second-order valence-electron chi connectivity index (χ2n) is 5.63. The van der Waals surface area contributed by atoms with Crippen LogP contribution in [0.2, 0.25) is 0 Å². The lowest BCUT2D eigenvalue weighted by atomic mass is 10.2. The zero-order valence-corrected chi connectivity index (χ0v) is 14.8. The Labute approximate surface area is 158 Å². The molecular weight excluding hydrogens is 370 g/mol. The van der Waals surface area contributed by atoms with Gasteiger partial charge in [-0.15, -0.1) is 10.2 Å². The zero-order chi connectivity index (χ0) is 18.6. The molecule has 0 saturated carbocycles. The van der Waals surface area contributed by atoms with Crippen LogP contribution in [0, 0.1) is 0 Å². The Kier molecular flexibility index (Phi) is 4.97. The van der Waals surface area contributed by atoms with Crippen molar-refractivity contribution < 1.29 is 13.5 Å². The largest absolute Gasteiger partial charge is 0.435 e. The quantitative estimate of drug-likeness (QED) is 0.452. The first-order valence-corrected chi connectivity index (χ1v) is 9.11. The summed E-state index contributed by atoms with van der Waals surface area (Å²) in [6.45, 7) is -2.85. The standard InChI is InChI=1S/C19H14F2N4OS/c20-19(21)26-15-8-6-14(7-9-15)16-23-24-17-18(22-10-11-25(16)17)27-12-13-4-2-1-3-5-13/h1-11,19H,12H2. The summed E-state index contributed by atoms with van der Waals surface area (Å²) in [7, 11) is 0. The van der Waals surface area contributed by atoms with Gasteiger partial charge in [0.15, 0.2) is 11.5 Å². The summed E-state index contributed by atoms with van der Waals surface area (Å²) in [6.07, 6.45) is 3.47. The van der Waals surface area contributed by atoms with Gasteiger partial charge in [0.05, 0.1) is 0 Å².